The van der Waals surface area contributed by atoms with E-state index in [4.69, 9.17) is 27.9 Å². The Hall–Kier alpha value is -0.730. The van der Waals surface area contributed by atoms with Gasteiger partial charge < -0.3 is 4.74 Å². The topological polar surface area (TPSA) is 26.3 Å². The average molecular weight is 261 g/mol. The number of ether oxygens (including phenoxy) is 1. The number of hydrogen-bond donors (Lipinski definition) is 0. The molecule has 1 unspecified atom stereocenters. The highest BCUT2D eigenvalue weighted by molar-refractivity contribution is 6.35. The highest BCUT2D eigenvalue weighted by Crippen LogP contribution is 2.27. The Bertz CT molecular complexity index is 377. The molecule has 16 heavy (non-hydrogen) atoms. The minimum Gasteiger partial charge on any atom is -0.484 e. The van der Waals surface area contributed by atoms with E-state index in [1.807, 2.05) is 13.8 Å². The molecule has 0 bridgehead atoms. The lowest BCUT2D eigenvalue weighted by molar-refractivity contribution is -0.124. The molecular formula is C12H14Cl2O2. The standard InChI is InChI=1S/C12H14Cl2O2/c1-3-8(2)11(15)7-16-12-5-4-9(13)6-10(12)14/h4-6,8H,3,7H2,1-2H3. The first kappa shape index (κ1) is 13.3. The summed E-state index contributed by atoms with van der Waals surface area (Å²) in [6, 6.07) is 4.93. The van der Waals surface area contributed by atoms with Crippen LogP contribution in [0.25, 0.3) is 0 Å². The maximum atomic E-state index is 11.5. The minimum atomic E-state index is 0.0195. The molecule has 0 amide bonds. The highest BCUT2D eigenvalue weighted by Gasteiger charge is 2.12. The molecule has 0 radical (unpaired) electrons. The van der Waals surface area contributed by atoms with Gasteiger partial charge >= 0.3 is 0 Å². The first-order valence-electron chi connectivity index (χ1n) is 5.15. The predicted molar refractivity (Wildman–Crippen MR) is 66.4 cm³/mol. The highest BCUT2D eigenvalue weighted by atomic mass is 35.5. The summed E-state index contributed by atoms with van der Waals surface area (Å²) >= 11 is 11.7. The van der Waals surface area contributed by atoms with E-state index in [2.05, 4.69) is 0 Å². The van der Waals surface area contributed by atoms with E-state index in [-0.39, 0.29) is 18.3 Å². The molecule has 0 heterocycles. The van der Waals surface area contributed by atoms with Crippen molar-refractivity contribution in [2.45, 2.75) is 20.3 Å². The summed E-state index contributed by atoms with van der Waals surface area (Å²) in [6.07, 6.45) is 0.816. The quantitative estimate of drug-likeness (QED) is 0.801. The predicted octanol–water partition coefficient (Wildman–Crippen LogP) is 3.99. The zero-order chi connectivity index (χ0) is 12.1. The van der Waals surface area contributed by atoms with Gasteiger partial charge in [0.25, 0.3) is 0 Å². The number of Topliss-reactive ketones (excluding diaryl/α,β-unsaturated/α-hetero) is 1. The smallest absolute Gasteiger partial charge is 0.172 e. The van der Waals surface area contributed by atoms with Crippen molar-refractivity contribution in [3.63, 3.8) is 0 Å². The van der Waals surface area contributed by atoms with E-state index in [1.54, 1.807) is 18.2 Å². The van der Waals surface area contributed by atoms with Gasteiger partial charge in [-0.15, -0.1) is 0 Å². The summed E-state index contributed by atoms with van der Waals surface area (Å²) in [5.74, 6) is 0.585. The summed E-state index contributed by atoms with van der Waals surface area (Å²) in [7, 11) is 0. The molecule has 1 aromatic carbocycles. The minimum absolute atomic E-state index is 0.0195. The SMILES string of the molecule is CCC(C)C(=O)COc1ccc(Cl)cc1Cl. The van der Waals surface area contributed by atoms with Gasteiger partial charge in [-0.05, 0) is 24.6 Å². The monoisotopic (exact) mass is 260 g/mol. The van der Waals surface area contributed by atoms with Gasteiger partial charge in [0.15, 0.2) is 5.78 Å². The fraction of sp³-hybridized carbons (Fsp3) is 0.417. The Balaban J connectivity index is 2.58. The molecule has 1 aromatic rings. The molecule has 0 N–H and O–H groups in total. The largest absolute Gasteiger partial charge is 0.484 e. The Morgan fingerprint density at radius 2 is 2.12 bits per heavy atom. The van der Waals surface area contributed by atoms with E-state index >= 15 is 0 Å². The maximum Gasteiger partial charge on any atom is 0.172 e. The summed E-state index contributed by atoms with van der Waals surface area (Å²) in [6.45, 7) is 3.91. The van der Waals surface area contributed by atoms with Gasteiger partial charge in [-0.25, -0.2) is 0 Å². The van der Waals surface area contributed by atoms with Crippen LogP contribution in [-0.4, -0.2) is 12.4 Å². The Morgan fingerprint density at radius 3 is 2.69 bits per heavy atom. The van der Waals surface area contributed by atoms with Crippen molar-refractivity contribution < 1.29 is 9.53 Å². The van der Waals surface area contributed by atoms with E-state index in [9.17, 15) is 4.79 Å². The van der Waals surface area contributed by atoms with Gasteiger partial charge in [-0.1, -0.05) is 37.0 Å². The van der Waals surface area contributed by atoms with Crippen LogP contribution in [-0.2, 0) is 4.79 Å². The normalized spacial score (nSPS) is 12.2. The van der Waals surface area contributed by atoms with Gasteiger partial charge in [0.1, 0.15) is 12.4 Å². The van der Waals surface area contributed by atoms with Crippen molar-refractivity contribution in [1.29, 1.82) is 0 Å². The summed E-state index contributed by atoms with van der Waals surface area (Å²) in [5.41, 5.74) is 0. The molecule has 0 spiro atoms. The van der Waals surface area contributed by atoms with Crippen molar-refractivity contribution in [3.05, 3.63) is 28.2 Å². The van der Waals surface area contributed by atoms with Gasteiger partial charge in [0.05, 0.1) is 5.02 Å². The van der Waals surface area contributed by atoms with Crippen molar-refractivity contribution in [1.82, 2.24) is 0 Å². The number of halogens is 2. The average Bonchev–Trinajstić information content (AvgIpc) is 2.26. The first-order valence-corrected chi connectivity index (χ1v) is 5.90. The number of hydrogen-bond acceptors (Lipinski definition) is 2. The molecule has 0 saturated heterocycles. The van der Waals surface area contributed by atoms with Gasteiger partial charge in [0.2, 0.25) is 0 Å². The fourth-order valence-corrected chi connectivity index (χ4v) is 1.57. The van der Waals surface area contributed by atoms with Crippen LogP contribution in [0.15, 0.2) is 18.2 Å². The van der Waals surface area contributed by atoms with E-state index in [0.717, 1.165) is 6.42 Å². The van der Waals surface area contributed by atoms with Crippen LogP contribution in [0.3, 0.4) is 0 Å². The van der Waals surface area contributed by atoms with Crippen LogP contribution in [0.1, 0.15) is 20.3 Å². The molecule has 0 saturated carbocycles. The number of rotatable bonds is 5. The summed E-state index contributed by atoms with van der Waals surface area (Å²) in [4.78, 5) is 11.5. The van der Waals surface area contributed by atoms with Crippen LogP contribution in [0.4, 0.5) is 0 Å². The van der Waals surface area contributed by atoms with E-state index in [1.165, 1.54) is 0 Å². The molecule has 4 heteroatoms. The van der Waals surface area contributed by atoms with E-state index in [0.29, 0.717) is 15.8 Å². The second kappa shape index (κ2) is 6.12. The van der Waals surface area contributed by atoms with Crippen LogP contribution < -0.4 is 4.74 Å². The van der Waals surface area contributed by atoms with Crippen molar-refractivity contribution >= 4 is 29.0 Å². The van der Waals surface area contributed by atoms with Crippen molar-refractivity contribution in [3.8, 4) is 5.75 Å². The molecule has 2 nitrogen and oxygen atoms in total. The Morgan fingerprint density at radius 1 is 1.44 bits per heavy atom. The van der Waals surface area contributed by atoms with Crippen LogP contribution >= 0.6 is 23.2 Å². The number of ketones is 1. The second-order valence-electron chi connectivity index (χ2n) is 3.64. The van der Waals surface area contributed by atoms with Crippen molar-refractivity contribution in [2.75, 3.05) is 6.61 Å². The van der Waals surface area contributed by atoms with Crippen LogP contribution in [0.2, 0.25) is 10.0 Å². The Kier molecular flexibility index (Phi) is 5.10. The summed E-state index contributed by atoms with van der Waals surface area (Å²) < 4.78 is 5.34. The molecule has 88 valence electrons. The lowest BCUT2D eigenvalue weighted by Crippen LogP contribution is -2.18. The molecule has 0 aliphatic carbocycles. The van der Waals surface area contributed by atoms with Crippen LogP contribution in [0.5, 0.6) is 5.75 Å². The second-order valence-corrected chi connectivity index (χ2v) is 4.48. The summed E-state index contributed by atoms with van der Waals surface area (Å²) in [5, 5.41) is 0.968. The van der Waals surface area contributed by atoms with Gasteiger partial charge in [-0.3, -0.25) is 4.79 Å². The molecule has 0 aliphatic rings. The van der Waals surface area contributed by atoms with E-state index < -0.39 is 0 Å². The molecule has 0 fully saturated rings. The third-order valence-electron chi connectivity index (χ3n) is 2.43. The van der Waals surface area contributed by atoms with Gasteiger partial charge in [-0.2, -0.15) is 0 Å². The number of carbonyl (C=O) groups excluding carboxylic acids is 1. The Labute approximate surface area is 106 Å². The molecule has 0 aliphatic heterocycles. The number of carbonyl (C=O) groups is 1. The van der Waals surface area contributed by atoms with Crippen molar-refractivity contribution in [2.24, 2.45) is 5.92 Å². The van der Waals surface area contributed by atoms with Gasteiger partial charge in [0, 0.05) is 10.9 Å². The lowest BCUT2D eigenvalue weighted by Gasteiger charge is -2.10. The fourth-order valence-electron chi connectivity index (χ4n) is 1.11. The molecule has 0 aromatic heterocycles. The molecular weight excluding hydrogens is 247 g/mol. The third-order valence-corrected chi connectivity index (χ3v) is 2.96. The van der Waals surface area contributed by atoms with Crippen LogP contribution in [0, 0.1) is 5.92 Å². The maximum absolute atomic E-state index is 11.5. The zero-order valence-corrected chi connectivity index (χ0v) is 10.8. The third kappa shape index (κ3) is 3.69. The first-order chi connectivity index (χ1) is 7.54. The zero-order valence-electron chi connectivity index (χ0n) is 9.30. The lowest BCUT2D eigenvalue weighted by atomic mass is 10.1. The number of benzene rings is 1. The molecule has 1 atom stereocenters. The molecule has 1 rings (SSSR count).